The fourth-order valence-electron chi connectivity index (χ4n) is 3.88. The number of nitrogens with zero attached hydrogens (tertiary/aromatic N) is 1. The standard InChI is InChI=1S/C17H23BrN2O2/c1-11(2)10-20-13-3-4-14(20)8-12(7-13)9-19-17(21)15-5-6-16(18)22-15/h5-6,12-14H,1,3-4,7-10H2,2H3,(H,19,21)/t12?,13-,14+. The molecule has 0 saturated carbocycles. The molecule has 1 unspecified atom stereocenters. The Hall–Kier alpha value is -1.07. The maximum atomic E-state index is 12.0. The SMILES string of the molecule is C=C(C)CN1[C@@H]2CC[C@H]1CC(CNC(=O)c1ccc(Br)o1)C2. The number of rotatable bonds is 5. The predicted molar refractivity (Wildman–Crippen MR) is 89.8 cm³/mol. The van der Waals surface area contributed by atoms with Crippen LogP contribution < -0.4 is 5.32 Å². The molecule has 2 aliphatic rings. The summed E-state index contributed by atoms with van der Waals surface area (Å²) in [5.74, 6) is 0.818. The molecule has 2 fully saturated rings. The molecule has 2 saturated heterocycles. The van der Waals surface area contributed by atoms with Gasteiger partial charge < -0.3 is 9.73 Å². The van der Waals surface area contributed by atoms with Gasteiger partial charge in [-0.05, 0) is 66.6 Å². The van der Waals surface area contributed by atoms with Gasteiger partial charge >= 0.3 is 0 Å². The fraction of sp³-hybridized carbons (Fsp3) is 0.588. The van der Waals surface area contributed by atoms with Crippen LogP contribution in [0.5, 0.6) is 0 Å². The molecule has 1 amide bonds. The lowest BCUT2D eigenvalue weighted by molar-refractivity contribution is 0.0873. The molecule has 2 aliphatic heterocycles. The first-order valence-electron chi connectivity index (χ1n) is 7.96. The Kier molecular flexibility index (Phi) is 4.73. The second-order valence-electron chi connectivity index (χ2n) is 6.67. The van der Waals surface area contributed by atoms with E-state index in [1.54, 1.807) is 12.1 Å². The lowest BCUT2D eigenvalue weighted by atomic mass is 9.90. The summed E-state index contributed by atoms with van der Waals surface area (Å²) in [5.41, 5.74) is 1.24. The van der Waals surface area contributed by atoms with Crippen molar-refractivity contribution in [1.29, 1.82) is 0 Å². The number of fused-ring (bicyclic) bond motifs is 2. The zero-order valence-corrected chi connectivity index (χ0v) is 14.6. The van der Waals surface area contributed by atoms with E-state index in [4.69, 9.17) is 4.42 Å². The quantitative estimate of drug-likeness (QED) is 0.809. The Balaban J connectivity index is 1.51. The van der Waals surface area contributed by atoms with E-state index < -0.39 is 0 Å². The van der Waals surface area contributed by atoms with E-state index in [2.05, 4.69) is 39.6 Å². The normalized spacial score (nSPS) is 27.8. The van der Waals surface area contributed by atoms with Crippen molar-refractivity contribution >= 4 is 21.8 Å². The lowest BCUT2D eigenvalue weighted by Crippen LogP contribution is -2.46. The highest BCUT2D eigenvalue weighted by molar-refractivity contribution is 9.10. The van der Waals surface area contributed by atoms with Crippen molar-refractivity contribution in [1.82, 2.24) is 10.2 Å². The van der Waals surface area contributed by atoms with Crippen molar-refractivity contribution in [2.45, 2.75) is 44.7 Å². The molecule has 4 nitrogen and oxygen atoms in total. The Bertz CT molecular complexity index is 555. The Morgan fingerprint density at radius 1 is 1.41 bits per heavy atom. The summed E-state index contributed by atoms with van der Waals surface area (Å²) < 4.78 is 5.87. The van der Waals surface area contributed by atoms with Crippen molar-refractivity contribution in [3.8, 4) is 0 Å². The van der Waals surface area contributed by atoms with E-state index >= 15 is 0 Å². The van der Waals surface area contributed by atoms with Crippen LogP contribution in [0.2, 0.25) is 0 Å². The highest BCUT2D eigenvalue weighted by atomic mass is 79.9. The Labute approximate surface area is 140 Å². The number of carbonyl (C=O) groups excluding carboxylic acids is 1. The molecule has 120 valence electrons. The minimum absolute atomic E-state index is 0.123. The summed E-state index contributed by atoms with van der Waals surface area (Å²) in [5, 5.41) is 3.02. The van der Waals surface area contributed by atoms with Crippen molar-refractivity contribution < 1.29 is 9.21 Å². The van der Waals surface area contributed by atoms with Gasteiger partial charge in [-0.3, -0.25) is 9.69 Å². The number of amides is 1. The number of furan rings is 1. The first kappa shape index (κ1) is 15.8. The molecule has 0 spiro atoms. The van der Waals surface area contributed by atoms with E-state index in [9.17, 15) is 4.79 Å². The van der Waals surface area contributed by atoms with Crippen LogP contribution in [0.4, 0.5) is 0 Å². The van der Waals surface area contributed by atoms with E-state index in [1.165, 1.54) is 31.3 Å². The lowest BCUT2D eigenvalue weighted by Gasteiger charge is -2.39. The summed E-state index contributed by atoms with van der Waals surface area (Å²) in [4.78, 5) is 14.7. The van der Waals surface area contributed by atoms with Gasteiger partial charge in [0.25, 0.3) is 5.91 Å². The molecule has 1 aromatic rings. The molecule has 3 atom stereocenters. The van der Waals surface area contributed by atoms with Gasteiger partial charge in [-0.1, -0.05) is 12.2 Å². The third-order valence-corrected chi connectivity index (χ3v) is 5.21. The van der Waals surface area contributed by atoms with Crippen molar-refractivity contribution in [2.24, 2.45) is 5.92 Å². The molecule has 5 heteroatoms. The Morgan fingerprint density at radius 2 is 2.09 bits per heavy atom. The summed E-state index contributed by atoms with van der Waals surface area (Å²) in [6.07, 6.45) is 4.92. The van der Waals surface area contributed by atoms with E-state index in [1.807, 2.05) is 0 Å². The number of piperidine rings is 1. The van der Waals surface area contributed by atoms with E-state index in [0.29, 0.717) is 28.4 Å². The molecule has 3 heterocycles. The zero-order chi connectivity index (χ0) is 15.7. The van der Waals surface area contributed by atoms with Gasteiger partial charge in [0, 0.05) is 25.2 Å². The number of halogens is 1. The topological polar surface area (TPSA) is 45.5 Å². The largest absolute Gasteiger partial charge is 0.444 e. The molecule has 3 rings (SSSR count). The minimum Gasteiger partial charge on any atom is -0.444 e. The minimum atomic E-state index is -0.123. The van der Waals surface area contributed by atoms with Gasteiger partial charge in [-0.25, -0.2) is 0 Å². The van der Waals surface area contributed by atoms with Gasteiger partial charge in [-0.2, -0.15) is 0 Å². The molecule has 0 aromatic carbocycles. The molecular weight excluding hydrogens is 344 g/mol. The smallest absolute Gasteiger partial charge is 0.287 e. The third kappa shape index (κ3) is 3.46. The van der Waals surface area contributed by atoms with Gasteiger partial charge in [0.15, 0.2) is 10.4 Å². The molecule has 0 aliphatic carbocycles. The molecule has 0 radical (unpaired) electrons. The third-order valence-electron chi connectivity index (χ3n) is 4.78. The molecule has 1 N–H and O–H groups in total. The van der Waals surface area contributed by atoms with Crippen LogP contribution in [-0.2, 0) is 0 Å². The molecule has 2 bridgehead atoms. The average Bonchev–Trinajstić information content (AvgIpc) is 2.97. The average molecular weight is 367 g/mol. The maximum absolute atomic E-state index is 12.0. The van der Waals surface area contributed by atoms with Crippen LogP contribution in [0.1, 0.15) is 43.2 Å². The number of hydrogen-bond donors (Lipinski definition) is 1. The van der Waals surface area contributed by atoms with Gasteiger partial charge in [0.05, 0.1) is 0 Å². The first-order chi connectivity index (χ1) is 10.5. The van der Waals surface area contributed by atoms with Crippen LogP contribution >= 0.6 is 15.9 Å². The van der Waals surface area contributed by atoms with Crippen LogP contribution in [0.25, 0.3) is 0 Å². The van der Waals surface area contributed by atoms with Crippen LogP contribution in [-0.4, -0.2) is 36.0 Å². The summed E-state index contributed by atoms with van der Waals surface area (Å²) in [7, 11) is 0. The predicted octanol–water partition coefficient (Wildman–Crippen LogP) is 3.59. The fourth-order valence-corrected chi connectivity index (χ4v) is 4.19. The van der Waals surface area contributed by atoms with Crippen LogP contribution in [0.15, 0.2) is 33.4 Å². The van der Waals surface area contributed by atoms with Gasteiger partial charge in [-0.15, -0.1) is 0 Å². The number of nitrogens with one attached hydrogen (secondary N) is 1. The van der Waals surface area contributed by atoms with E-state index in [0.717, 1.165) is 13.1 Å². The highest BCUT2D eigenvalue weighted by Crippen LogP contribution is 2.38. The summed E-state index contributed by atoms with van der Waals surface area (Å²) >= 11 is 3.22. The molecule has 22 heavy (non-hydrogen) atoms. The monoisotopic (exact) mass is 366 g/mol. The maximum Gasteiger partial charge on any atom is 0.287 e. The van der Waals surface area contributed by atoms with Crippen molar-refractivity contribution in [2.75, 3.05) is 13.1 Å². The van der Waals surface area contributed by atoms with Crippen molar-refractivity contribution in [3.63, 3.8) is 0 Å². The number of carbonyl (C=O) groups is 1. The summed E-state index contributed by atoms with van der Waals surface area (Å²) in [6.45, 7) is 7.92. The highest BCUT2D eigenvalue weighted by Gasteiger charge is 2.40. The second-order valence-corrected chi connectivity index (χ2v) is 7.45. The van der Waals surface area contributed by atoms with Gasteiger partial charge in [0.2, 0.25) is 0 Å². The molecular formula is C17H23BrN2O2. The first-order valence-corrected chi connectivity index (χ1v) is 8.76. The Morgan fingerprint density at radius 3 is 2.64 bits per heavy atom. The summed E-state index contributed by atoms with van der Waals surface area (Å²) in [6, 6.07) is 4.76. The van der Waals surface area contributed by atoms with Crippen LogP contribution in [0, 0.1) is 5.92 Å². The second kappa shape index (κ2) is 6.59. The number of hydrogen-bond acceptors (Lipinski definition) is 3. The molecule has 1 aromatic heterocycles. The zero-order valence-electron chi connectivity index (χ0n) is 13.0. The van der Waals surface area contributed by atoms with Crippen molar-refractivity contribution in [3.05, 3.63) is 34.7 Å². The van der Waals surface area contributed by atoms with Gasteiger partial charge in [0.1, 0.15) is 0 Å². The van der Waals surface area contributed by atoms with Crippen LogP contribution in [0.3, 0.4) is 0 Å². The van der Waals surface area contributed by atoms with E-state index in [-0.39, 0.29) is 5.91 Å².